The molecule has 4 nitrogen and oxygen atoms in total. The third-order valence-corrected chi connectivity index (χ3v) is 3.75. The Morgan fingerprint density at radius 2 is 2.06 bits per heavy atom. The Morgan fingerprint density at radius 1 is 1.33 bits per heavy atom. The van der Waals surface area contributed by atoms with Crippen LogP contribution in [0, 0.1) is 6.92 Å². The first-order valence-electron chi connectivity index (χ1n) is 7.22. The highest BCUT2D eigenvalue weighted by molar-refractivity contribution is 5.09. The summed E-state index contributed by atoms with van der Waals surface area (Å²) in [6.07, 6.45) is 2.54. The van der Waals surface area contributed by atoms with E-state index in [1.165, 1.54) is 31.6 Å². The molecule has 0 bridgehead atoms. The van der Waals surface area contributed by atoms with Gasteiger partial charge in [-0.2, -0.15) is 5.10 Å². The number of nitrogens with zero attached hydrogens (tertiary/aromatic N) is 3. The largest absolute Gasteiger partial charge is 0.314 e. The smallest absolute Gasteiger partial charge is 0.0597 e. The highest BCUT2D eigenvalue weighted by atomic mass is 15.3. The van der Waals surface area contributed by atoms with E-state index in [9.17, 15) is 0 Å². The fourth-order valence-electron chi connectivity index (χ4n) is 2.81. The fourth-order valence-corrected chi connectivity index (χ4v) is 2.81. The van der Waals surface area contributed by atoms with E-state index in [0.29, 0.717) is 0 Å². The van der Waals surface area contributed by atoms with Gasteiger partial charge in [-0.25, -0.2) is 0 Å². The molecule has 0 radical (unpaired) electrons. The Hall–Kier alpha value is -0.870. The maximum Gasteiger partial charge on any atom is 0.0597 e. The predicted octanol–water partition coefficient (Wildman–Crippen LogP) is 1.79. The molecule has 0 spiro atoms. The average Bonchev–Trinajstić information content (AvgIpc) is 2.72. The van der Waals surface area contributed by atoms with Gasteiger partial charge >= 0.3 is 0 Å². The van der Waals surface area contributed by atoms with E-state index in [-0.39, 0.29) is 0 Å². The zero-order chi connectivity index (χ0) is 13.0. The first-order chi connectivity index (χ1) is 8.72. The Bertz CT molecular complexity index is 364. The minimum atomic E-state index is 0.726. The molecule has 0 amide bonds. The summed E-state index contributed by atoms with van der Waals surface area (Å²) in [6.45, 7) is 11.9. The summed E-state index contributed by atoms with van der Waals surface area (Å²) in [7, 11) is 0. The van der Waals surface area contributed by atoms with Crippen LogP contribution in [0.4, 0.5) is 0 Å². The van der Waals surface area contributed by atoms with E-state index in [2.05, 4.69) is 46.8 Å². The van der Waals surface area contributed by atoms with Crippen LogP contribution in [-0.2, 0) is 13.1 Å². The Morgan fingerprint density at radius 3 is 2.67 bits per heavy atom. The molecule has 2 rings (SSSR count). The highest BCUT2D eigenvalue weighted by Crippen LogP contribution is 2.14. The lowest BCUT2D eigenvalue weighted by atomic mass is 10.0. The summed E-state index contributed by atoms with van der Waals surface area (Å²) in [5.74, 6) is 0. The van der Waals surface area contributed by atoms with Crippen molar-refractivity contribution < 1.29 is 0 Å². The van der Waals surface area contributed by atoms with E-state index in [1.807, 2.05) is 0 Å². The van der Waals surface area contributed by atoms with Gasteiger partial charge in [-0.15, -0.1) is 0 Å². The van der Waals surface area contributed by atoms with Gasteiger partial charge in [0.1, 0.15) is 0 Å². The van der Waals surface area contributed by atoms with Gasteiger partial charge in [0.2, 0.25) is 0 Å². The van der Waals surface area contributed by atoms with Gasteiger partial charge in [0.15, 0.2) is 0 Å². The number of nitrogens with one attached hydrogen (secondary N) is 1. The summed E-state index contributed by atoms with van der Waals surface area (Å²) in [5, 5.41) is 8.07. The number of piperidine rings is 1. The molecule has 1 fully saturated rings. The van der Waals surface area contributed by atoms with Crippen LogP contribution in [0.1, 0.15) is 38.1 Å². The van der Waals surface area contributed by atoms with Crippen molar-refractivity contribution in [3.05, 3.63) is 17.5 Å². The molecule has 1 aromatic rings. The van der Waals surface area contributed by atoms with Crippen molar-refractivity contribution in [2.24, 2.45) is 0 Å². The first-order valence-corrected chi connectivity index (χ1v) is 7.22. The molecule has 1 aliphatic rings. The maximum atomic E-state index is 4.52. The number of aromatic nitrogens is 2. The van der Waals surface area contributed by atoms with Gasteiger partial charge in [0.25, 0.3) is 0 Å². The predicted molar refractivity (Wildman–Crippen MR) is 74.6 cm³/mol. The normalized spacial score (nSPS) is 18.4. The second-order valence-corrected chi connectivity index (χ2v) is 5.20. The number of hydrogen-bond donors (Lipinski definition) is 1. The molecule has 102 valence electrons. The van der Waals surface area contributed by atoms with Gasteiger partial charge in [-0.3, -0.25) is 9.58 Å². The topological polar surface area (TPSA) is 33.1 Å². The second-order valence-electron chi connectivity index (χ2n) is 5.20. The maximum absolute atomic E-state index is 4.52. The molecule has 1 saturated heterocycles. The van der Waals surface area contributed by atoms with E-state index >= 15 is 0 Å². The standard InChI is InChI=1S/C14H26N4/c1-4-15-13-6-8-17(9-7-13)11-14-10-12(3)16-18(14)5-2/h10,13,15H,4-9,11H2,1-3H3. The van der Waals surface area contributed by atoms with Gasteiger partial charge in [0.05, 0.1) is 11.4 Å². The molecule has 0 atom stereocenters. The molecule has 4 heteroatoms. The first kappa shape index (κ1) is 13.6. The van der Waals surface area contributed by atoms with Crippen molar-refractivity contribution in [1.29, 1.82) is 0 Å². The molecule has 1 aliphatic heterocycles. The average molecular weight is 250 g/mol. The van der Waals surface area contributed by atoms with Crippen LogP contribution in [0.25, 0.3) is 0 Å². The molecule has 1 N–H and O–H groups in total. The molecule has 2 heterocycles. The number of likely N-dealkylation sites (tertiary alicyclic amines) is 1. The number of aryl methyl sites for hydroxylation is 2. The third-order valence-electron chi connectivity index (χ3n) is 3.75. The summed E-state index contributed by atoms with van der Waals surface area (Å²) in [6, 6.07) is 2.95. The van der Waals surface area contributed by atoms with Crippen molar-refractivity contribution in [2.45, 2.75) is 52.7 Å². The zero-order valence-electron chi connectivity index (χ0n) is 11.9. The molecule has 0 unspecified atom stereocenters. The van der Waals surface area contributed by atoms with Crippen LogP contribution in [-0.4, -0.2) is 40.4 Å². The van der Waals surface area contributed by atoms with Crippen LogP contribution in [0.3, 0.4) is 0 Å². The molecular formula is C14H26N4. The zero-order valence-corrected chi connectivity index (χ0v) is 11.9. The summed E-state index contributed by atoms with van der Waals surface area (Å²) < 4.78 is 2.13. The summed E-state index contributed by atoms with van der Waals surface area (Å²) in [4.78, 5) is 2.55. The highest BCUT2D eigenvalue weighted by Gasteiger charge is 2.19. The van der Waals surface area contributed by atoms with Crippen LogP contribution in [0.15, 0.2) is 6.07 Å². The van der Waals surface area contributed by atoms with Crippen LogP contribution < -0.4 is 5.32 Å². The van der Waals surface area contributed by atoms with Gasteiger partial charge < -0.3 is 5.32 Å². The quantitative estimate of drug-likeness (QED) is 0.865. The van der Waals surface area contributed by atoms with Crippen LogP contribution in [0.5, 0.6) is 0 Å². The molecule has 0 aliphatic carbocycles. The summed E-state index contributed by atoms with van der Waals surface area (Å²) >= 11 is 0. The van der Waals surface area contributed by atoms with E-state index in [4.69, 9.17) is 0 Å². The van der Waals surface area contributed by atoms with Crippen molar-refractivity contribution in [3.63, 3.8) is 0 Å². The van der Waals surface area contributed by atoms with Crippen molar-refractivity contribution >= 4 is 0 Å². The number of hydrogen-bond acceptors (Lipinski definition) is 3. The molecule has 0 saturated carbocycles. The Kier molecular flexibility index (Phi) is 4.78. The van der Waals surface area contributed by atoms with Gasteiger partial charge in [0, 0.05) is 32.2 Å². The molecular weight excluding hydrogens is 224 g/mol. The second kappa shape index (κ2) is 6.34. The van der Waals surface area contributed by atoms with Gasteiger partial charge in [-0.05, 0) is 39.3 Å². The minimum absolute atomic E-state index is 0.726. The van der Waals surface area contributed by atoms with Crippen molar-refractivity contribution in [2.75, 3.05) is 19.6 Å². The van der Waals surface area contributed by atoms with E-state index in [1.54, 1.807) is 0 Å². The van der Waals surface area contributed by atoms with Gasteiger partial charge in [-0.1, -0.05) is 6.92 Å². The number of rotatable bonds is 5. The SMILES string of the molecule is CCNC1CCN(Cc2cc(C)nn2CC)CC1. The lowest BCUT2D eigenvalue weighted by Crippen LogP contribution is -2.42. The lowest BCUT2D eigenvalue weighted by Gasteiger charge is -2.32. The summed E-state index contributed by atoms with van der Waals surface area (Å²) in [5.41, 5.74) is 2.49. The van der Waals surface area contributed by atoms with Crippen LogP contribution >= 0.6 is 0 Å². The monoisotopic (exact) mass is 250 g/mol. The fraction of sp³-hybridized carbons (Fsp3) is 0.786. The van der Waals surface area contributed by atoms with Crippen LogP contribution in [0.2, 0.25) is 0 Å². The minimum Gasteiger partial charge on any atom is -0.314 e. The van der Waals surface area contributed by atoms with E-state index in [0.717, 1.165) is 31.4 Å². The molecule has 1 aromatic heterocycles. The Labute approximate surface area is 110 Å². The van der Waals surface area contributed by atoms with E-state index < -0.39 is 0 Å². The lowest BCUT2D eigenvalue weighted by molar-refractivity contribution is 0.187. The molecule has 0 aromatic carbocycles. The van der Waals surface area contributed by atoms with Crippen molar-refractivity contribution in [1.82, 2.24) is 20.0 Å². The Balaban J connectivity index is 1.87. The molecule has 18 heavy (non-hydrogen) atoms. The van der Waals surface area contributed by atoms with Crippen molar-refractivity contribution in [3.8, 4) is 0 Å². The third kappa shape index (κ3) is 3.33.